The van der Waals surface area contributed by atoms with Gasteiger partial charge in [-0.15, -0.1) is 11.6 Å². The number of hydrogen-bond acceptors (Lipinski definition) is 2. The molecule has 2 nitrogen and oxygen atoms in total. The van der Waals surface area contributed by atoms with E-state index >= 15 is 0 Å². The molecule has 0 spiro atoms. The molecule has 0 bridgehead atoms. The summed E-state index contributed by atoms with van der Waals surface area (Å²) in [7, 11) is 1.67. The Labute approximate surface area is 95.6 Å². The van der Waals surface area contributed by atoms with E-state index in [1.165, 1.54) is 11.3 Å². The van der Waals surface area contributed by atoms with Gasteiger partial charge in [0.15, 0.2) is 0 Å². The number of halogens is 1. The van der Waals surface area contributed by atoms with Gasteiger partial charge in [0.1, 0.15) is 0 Å². The molecule has 0 aliphatic carbocycles. The normalized spacial score (nSPS) is 20.9. The summed E-state index contributed by atoms with van der Waals surface area (Å²) in [5.74, 6) is 0. The van der Waals surface area contributed by atoms with Gasteiger partial charge in [0.05, 0.1) is 12.0 Å². The third kappa shape index (κ3) is 2.27. The quantitative estimate of drug-likeness (QED) is 0.799. The molecule has 1 aliphatic rings. The maximum absolute atomic E-state index is 6.19. The minimum absolute atomic E-state index is 0.0574. The van der Waals surface area contributed by atoms with E-state index in [9.17, 15) is 0 Å². The molecule has 0 fully saturated rings. The van der Waals surface area contributed by atoms with Crippen LogP contribution in [-0.4, -0.2) is 19.8 Å². The summed E-state index contributed by atoms with van der Waals surface area (Å²) in [5, 5.41) is 3.38. The highest BCUT2D eigenvalue weighted by Gasteiger charge is 2.18. The molecule has 82 valence electrons. The Hall–Kier alpha value is -0.730. The van der Waals surface area contributed by atoms with E-state index in [1.807, 2.05) is 0 Å². The number of rotatable bonds is 3. The average Bonchev–Trinajstić information content (AvgIpc) is 2.57. The lowest BCUT2D eigenvalue weighted by molar-refractivity contribution is 0.198. The van der Waals surface area contributed by atoms with Crippen molar-refractivity contribution in [3.8, 4) is 0 Å². The topological polar surface area (TPSA) is 21.3 Å². The van der Waals surface area contributed by atoms with Crippen LogP contribution < -0.4 is 5.32 Å². The first-order valence-electron chi connectivity index (χ1n) is 5.23. The number of anilines is 1. The predicted molar refractivity (Wildman–Crippen MR) is 63.7 cm³/mol. The molecule has 1 aromatic carbocycles. The monoisotopic (exact) mass is 225 g/mol. The zero-order chi connectivity index (χ0) is 10.8. The number of nitrogens with one attached hydrogen (secondary N) is 1. The van der Waals surface area contributed by atoms with Crippen molar-refractivity contribution in [2.75, 3.05) is 19.0 Å². The molecule has 0 radical (unpaired) electrons. The fraction of sp³-hybridized carbons (Fsp3) is 0.500. The van der Waals surface area contributed by atoms with Gasteiger partial charge in [0.2, 0.25) is 0 Å². The molecule has 1 aromatic rings. The van der Waals surface area contributed by atoms with Crippen LogP contribution in [0.25, 0.3) is 0 Å². The third-order valence-corrected chi connectivity index (χ3v) is 3.11. The zero-order valence-corrected chi connectivity index (χ0v) is 9.84. The summed E-state index contributed by atoms with van der Waals surface area (Å²) in [6.07, 6.45) is 1.10. The lowest BCUT2D eigenvalue weighted by Gasteiger charge is -2.10. The number of benzene rings is 1. The van der Waals surface area contributed by atoms with Crippen molar-refractivity contribution < 1.29 is 4.74 Å². The number of ether oxygens (including phenoxy) is 1. The molecular weight excluding hydrogens is 210 g/mol. The van der Waals surface area contributed by atoms with Gasteiger partial charge in [-0.25, -0.2) is 0 Å². The second kappa shape index (κ2) is 4.42. The van der Waals surface area contributed by atoms with E-state index in [2.05, 4.69) is 30.4 Å². The predicted octanol–water partition coefficient (Wildman–Crippen LogP) is 2.97. The fourth-order valence-electron chi connectivity index (χ4n) is 1.99. The summed E-state index contributed by atoms with van der Waals surface area (Å²) >= 11 is 6.19. The molecular formula is C12H16ClNO. The molecule has 1 N–H and O–H groups in total. The third-order valence-electron chi connectivity index (χ3n) is 2.74. The van der Waals surface area contributed by atoms with Gasteiger partial charge in [0, 0.05) is 18.8 Å². The number of methoxy groups -OCH3 is 1. The number of alkyl halides is 1. The van der Waals surface area contributed by atoms with Crippen LogP contribution in [0.3, 0.4) is 0 Å². The smallest absolute Gasteiger partial charge is 0.0819 e. The van der Waals surface area contributed by atoms with Crippen LogP contribution in [0.4, 0.5) is 5.69 Å². The van der Waals surface area contributed by atoms with Crippen LogP contribution in [0.2, 0.25) is 0 Å². The minimum atomic E-state index is -0.0574. The summed E-state index contributed by atoms with van der Waals surface area (Å²) in [6, 6.07) is 6.92. The van der Waals surface area contributed by atoms with Crippen molar-refractivity contribution >= 4 is 17.3 Å². The van der Waals surface area contributed by atoms with Crippen molar-refractivity contribution in [3.05, 3.63) is 29.3 Å². The second-order valence-corrected chi connectivity index (χ2v) is 4.62. The lowest BCUT2D eigenvalue weighted by Crippen LogP contribution is -2.08. The largest absolute Gasteiger partial charge is 0.383 e. The molecule has 0 saturated carbocycles. The van der Waals surface area contributed by atoms with E-state index in [0.717, 1.165) is 12.0 Å². The molecule has 0 saturated heterocycles. The Morgan fingerprint density at radius 1 is 1.60 bits per heavy atom. The number of hydrogen-bond donors (Lipinski definition) is 1. The maximum atomic E-state index is 6.19. The van der Waals surface area contributed by atoms with Gasteiger partial charge in [-0.2, -0.15) is 0 Å². The Kier molecular flexibility index (Phi) is 3.17. The van der Waals surface area contributed by atoms with Gasteiger partial charge >= 0.3 is 0 Å². The molecule has 0 aromatic heterocycles. The van der Waals surface area contributed by atoms with E-state index in [1.54, 1.807) is 7.11 Å². The zero-order valence-electron chi connectivity index (χ0n) is 9.09. The molecule has 1 aliphatic heterocycles. The van der Waals surface area contributed by atoms with Gasteiger partial charge < -0.3 is 10.1 Å². The molecule has 2 rings (SSSR count). The highest BCUT2D eigenvalue weighted by Crippen LogP contribution is 2.30. The van der Waals surface area contributed by atoms with Crippen molar-refractivity contribution in [3.63, 3.8) is 0 Å². The van der Waals surface area contributed by atoms with Gasteiger partial charge in [-0.05, 0) is 30.5 Å². The average molecular weight is 226 g/mol. The molecule has 1 heterocycles. The highest BCUT2D eigenvalue weighted by molar-refractivity contribution is 6.21. The standard InChI is InChI=1S/C12H16ClNO/c1-8-5-10-4-3-9(6-12(10)14-8)11(13)7-15-2/h3-4,6,8,11,14H,5,7H2,1-2H3. The molecule has 15 heavy (non-hydrogen) atoms. The SMILES string of the molecule is COCC(Cl)c1ccc2c(c1)NC(C)C2. The van der Waals surface area contributed by atoms with Crippen molar-refractivity contribution in [1.82, 2.24) is 0 Å². The molecule has 2 atom stereocenters. The summed E-state index contributed by atoms with van der Waals surface area (Å²) < 4.78 is 5.05. The lowest BCUT2D eigenvalue weighted by atomic mass is 10.1. The second-order valence-electron chi connectivity index (χ2n) is 4.09. The van der Waals surface area contributed by atoms with Crippen LogP contribution >= 0.6 is 11.6 Å². The van der Waals surface area contributed by atoms with Crippen LogP contribution in [0.15, 0.2) is 18.2 Å². The van der Waals surface area contributed by atoms with E-state index in [0.29, 0.717) is 12.6 Å². The molecule has 3 heteroatoms. The summed E-state index contributed by atoms with van der Waals surface area (Å²) in [6.45, 7) is 2.74. The van der Waals surface area contributed by atoms with Crippen molar-refractivity contribution in [2.45, 2.75) is 24.8 Å². The van der Waals surface area contributed by atoms with E-state index in [-0.39, 0.29) is 5.38 Å². The van der Waals surface area contributed by atoms with Gasteiger partial charge in [-0.1, -0.05) is 12.1 Å². The highest BCUT2D eigenvalue weighted by atomic mass is 35.5. The first-order chi connectivity index (χ1) is 7.20. The van der Waals surface area contributed by atoms with Crippen molar-refractivity contribution in [2.24, 2.45) is 0 Å². The van der Waals surface area contributed by atoms with E-state index in [4.69, 9.17) is 16.3 Å². The van der Waals surface area contributed by atoms with Gasteiger partial charge in [-0.3, -0.25) is 0 Å². The van der Waals surface area contributed by atoms with Crippen LogP contribution in [0.1, 0.15) is 23.4 Å². The Morgan fingerprint density at radius 3 is 3.13 bits per heavy atom. The first kappa shape index (κ1) is 10.8. The Balaban J connectivity index is 2.19. The van der Waals surface area contributed by atoms with Crippen molar-refractivity contribution in [1.29, 1.82) is 0 Å². The van der Waals surface area contributed by atoms with E-state index < -0.39 is 0 Å². The van der Waals surface area contributed by atoms with Gasteiger partial charge in [0.25, 0.3) is 0 Å². The summed E-state index contributed by atoms with van der Waals surface area (Å²) in [5.41, 5.74) is 3.73. The maximum Gasteiger partial charge on any atom is 0.0819 e. The minimum Gasteiger partial charge on any atom is -0.383 e. The number of fused-ring (bicyclic) bond motifs is 1. The van der Waals surface area contributed by atoms with Crippen LogP contribution in [0.5, 0.6) is 0 Å². The summed E-state index contributed by atoms with van der Waals surface area (Å²) in [4.78, 5) is 0. The van der Waals surface area contributed by atoms with Crippen LogP contribution in [-0.2, 0) is 11.2 Å². The Bertz CT molecular complexity index is 353. The first-order valence-corrected chi connectivity index (χ1v) is 5.66. The van der Waals surface area contributed by atoms with Crippen LogP contribution in [0, 0.1) is 0 Å². The fourth-order valence-corrected chi connectivity index (χ4v) is 2.25. The molecule has 0 amide bonds. The molecule has 2 unspecified atom stereocenters. The Morgan fingerprint density at radius 2 is 2.40 bits per heavy atom.